The van der Waals surface area contributed by atoms with Crippen molar-refractivity contribution in [3.05, 3.63) is 48.5 Å². The van der Waals surface area contributed by atoms with Gasteiger partial charge in [0.05, 0.1) is 6.26 Å². The summed E-state index contributed by atoms with van der Waals surface area (Å²) in [5.74, 6) is 2.95. The molecule has 0 fully saturated rings. The number of hydrogen-bond donors (Lipinski definition) is 0. The van der Waals surface area contributed by atoms with Crippen LogP contribution in [0.1, 0.15) is 18.7 Å². The van der Waals surface area contributed by atoms with E-state index in [0.29, 0.717) is 0 Å². The highest BCUT2D eigenvalue weighted by atomic mass is 16.3. The van der Waals surface area contributed by atoms with E-state index < -0.39 is 0 Å². The minimum absolute atomic E-state index is 0.880. The standard InChI is InChI=1S/C16H15N3O/c1-2-9-19-15(8-1)17-18-16(19)13-6-3-5-12(11-13)14-7-4-10-20-14/h3-7,10-11H,1-2,8-9H2. The van der Waals surface area contributed by atoms with Gasteiger partial charge >= 0.3 is 0 Å². The zero-order valence-electron chi connectivity index (χ0n) is 11.1. The molecule has 0 spiro atoms. The summed E-state index contributed by atoms with van der Waals surface area (Å²) >= 11 is 0. The van der Waals surface area contributed by atoms with E-state index >= 15 is 0 Å². The lowest BCUT2D eigenvalue weighted by atomic mass is 10.1. The highest BCUT2D eigenvalue weighted by Crippen LogP contribution is 2.27. The molecule has 0 saturated carbocycles. The maximum atomic E-state index is 5.46. The van der Waals surface area contributed by atoms with Crippen molar-refractivity contribution >= 4 is 0 Å². The number of nitrogens with zero attached hydrogens (tertiary/aromatic N) is 3. The topological polar surface area (TPSA) is 43.9 Å². The zero-order chi connectivity index (χ0) is 13.4. The van der Waals surface area contributed by atoms with Crippen LogP contribution < -0.4 is 0 Å². The van der Waals surface area contributed by atoms with Gasteiger partial charge in [0.25, 0.3) is 0 Å². The van der Waals surface area contributed by atoms with E-state index in [4.69, 9.17) is 4.42 Å². The second-order valence-electron chi connectivity index (χ2n) is 5.11. The molecule has 100 valence electrons. The summed E-state index contributed by atoms with van der Waals surface area (Å²) in [6.07, 6.45) is 5.15. The van der Waals surface area contributed by atoms with Crippen molar-refractivity contribution < 1.29 is 4.42 Å². The molecule has 0 N–H and O–H groups in total. The first-order chi connectivity index (χ1) is 9.92. The quantitative estimate of drug-likeness (QED) is 0.711. The maximum Gasteiger partial charge on any atom is 0.163 e. The molecule has 0 amide bonds. The van der Waals surface area contributed by atoms with Crippen LogP contribution in [0, 0.1) is 0 Å². The largest absolute Gasteiger partial charge is 0.464 e. The van der Waals surface area contributed by atoms with Gasteiger partial charge in [0.2, 0.25) is 0 Å². The minimum Gasteiger partial charge on any atom is -0.464 e. The summed E-state index contributed by atoms with van der Waals surface area (Å²) in [4.78, 5) is 0. The SMILES string of the molecule is c1cc(-c2ccco2)cc(-c2nnc3n2CCCC3)c1. The Balaban J connectivity index is 1.79. The van der Waals surface area contributed by atoms with E-state index in [9.17, 15) is 0 Å². The number of aromatic nitrogens is 3. The van der Waals surface area contributed by atoms with Gasteiger partial charge in [0.1, 0.15) is 11.6 Å². The molecule has 4 rings (SSSR count). The number of hydrogen-bond acceptors (Lipinski definition) is 3. The van der Waals surface area contributed by atoms with Gasteiger partial charge in [0.15, 0.2) is 5.82 Å². The normalized spacial score (nSPS) is 14.2. The van der Waals surface area contributed by atoms with Crippen LogP contribution in [-0.2, 0) is 13.0 Å². The molecular formula is C16H15N3O. The van der Waals surface area contributed by atoms with Crippen molar-refractivity contribution in [2.45, 2.75) is 25.8 Å². The number of benzene rings is 1. The molecule has 0 radical (unpaired) electrons. The maximum absolute atomic E-state index is 5.46. The third-order valence-corrected chi connectivity index (χ3v) is 3.79. The van der Waals surface area contributed by atoms with Crippen LogP contribution >= 0.6 is 0 Å². The van der Waals surface area contributed by atoms with Crippen molar-refractivity contribution in [1.82, 2.24) is 14.8 Å². The van der Waals surface area contributed by atoms with Crippen LogP contribution in [0.25, 0.3) is 22.7 Å². The van der Waals surface area contributed by atoms with Gasteiger partial charge in [-0.1, -0.05) is 18.2 Å². The molecule has 0 saturated heterocycles. The first kappa shape index (κ1) is 11.5. The smallest absolute Gasteiger partial charge is 0.163 e. The summed E-state index contributed by atoms with van der Waals surface area (Å²) in [5, 5.41) is 8.69. The predicted octanol–water partition coefficient (Wildman–Crippen LogP) is 3.54. The van der Waals surface area contributed by atoms with Gasteiger partial charge in [-0.15, -0.1) is 10.2 Å². The fourth-order valence-electron chi connectivity index (χ4n) is 2.78. The van der Waals surface area contributed by atoms with Crippen molar-refractivity contribution in [3.8, 4) is 22.7 Å². The summed E-state index contributed by atoms with van der Waals surface area (Å²) in [6.45, 7) is 1.02. The molecule has 3 heterocycles. The monoisotopic (exact) mass is 265 g/mol. The average Bonchev–Trinajstić information content (AvgIpc) is 3.17. The van der Waals surface area contributed by atoms with E-state index in [1.807, 2.05) is 18.2 Å². The third kappa shape index (κ3) is 1.84. The van der Waals surface area contributed by atoms with Crippen LogP contribution in [-0.4, -0.2) is 14.8 Å². The Kier molecular flexibility index (Phi) is 2.66. The summed E-state index contributed by atoms with van der Waals surface area (Å²) < 4.78 is 7.70. The number of fused-ring (bicyclic) bond motifs is 1. The Hall–Kier alpha value is -2.36. The fourth-order valence-corrected chi connectivity index (χ4v) is 2.78. The summed E-state index contributed by atoms with van der Waals surface area (Å²) in [6, 6.07) is 12.2. The van der Waals surface area contributed by atoms with Crippen LogP contribution in [0.15, 0.2) is 47.1 Å². The lowest BCUT2D eigenvalue weighted by molar-refractivity contribution is 0.526. The highest BCUT2D eigenvalue weighted by molar-refractivity contribution is 5.67. The van der Waals surface area contributed by atoms with Crippen molar-refractivity contribution in [2.24, 2.45) is 0 Å². The molecule has 1 aromatic carbocycles. The Morgan fingerprint density at radius 2 is 1.95 bits per heavy atom. The van der Waals surface area contributed by atoms with Crippen LogP contribution in [0.4, 0.5) is 0 Å². The Labute approximate surface area is 117 Å². The van der Waals surface area contributed by atoms with Crippen LogP contribution in [0.2, 0.25) is 0 Å². The molecule has 1 aliphatic heterocycles. The molecule has 0 unspecified atom stereocenters. The number of aryl methyl sites for hydroxylation is 1. The summed E-state index contributed by atoms with van der Waals surface area (Å²) in [7, 11) is 0. The van der Waals surface area contributed by atoms with Gasteiger partial charge in [-0.3, -0.25) is 0 Å². The first-order valence-corrected chi connectivity index (χ1v) is 6.98. The van der Waals surface area contributed by atoms with Crippen molar-refractivity contribution in [3.63, 3.8) is 0 Å². The molecule has 1 aliphatic rings. The van der Waals surface area contributed by atoms with Gasteiger partial charge in [-0.2, -0.15) is 0 Å². The first-order valence-electron chi connectivity index (χ1n) is 6.98. The molecule has 0 bridgehead atoms. The van der Waals surface area contributed by atoms with E-state index in [0.717, 1.165) is 41.5 Å². The zero-order valence-corrected chi connectivity index (χ0v) is 11.1. The Bertz CT molecular complexity index is 728. The van der Waals surface area contributed by atoms with E-state index in [2.05, 4.69) is 33.0 Å². The van der Waals surface area contributed by atoms with Crippen LogP contribution in [0.3, 0.4) is 0 Å². The van der Waals surface area contributed by atoms with Gasteiger partial charge in [-0.05, 0) is 31.0 Å². The number of rotatable bonds is 2. The third-order valence-electron chi connectivity index (χ3n) is 3.79. The molecule has 3 aromatic rings. The second-order valence-corrected chi connectivity index (χ2v) is 5.11. The van der Waals surface area contributed by atoms with Gasteiger partial charge in [0, 0.05) is 24.1 Å². The molecule has 20 heavy (non-hydrogen) atoms. The Morgan fingerprint density at radius 3 is 2.85 bits per heavy atom. The summed E-state index contributed by atoms with van der Waals surface area (Å²) in [5.41, 5.74) is 2.17. The lowest BCUT2D eigenvalue weighted by Crippen LogP contribution is -2.11. The molecule has 4 heteroatoms. The molecule has 0 aliphatic carbocycles. The second kappa shape index (κ2) is 4.63. The lowest BCUT2D eigenvalue weighted by Gasteiger charge is -2.14. The van der Waals surface area contributed by atoms with E-state index in [-0.39, 0.29) is 0 Å². The molecule has 2 aromatic heterocycles. The predicted molar refractivity (Wildman–Crippen MR) is 76.1 cm³/mol. The number of furan rings is 1. The van der Waals surface area contributed by atoms with Gasteiger partial charge < -0.3 is 8.98 Å². The van der Waals surface area contributed by atoms with Gasteiger partial charge in [-0.25, -0.2) is 0 Å². The van der Waals surface area contributed by atoms with Crippen molar-refractivity contribution in [1.29, 1.82) is 0 Å². The Morgan fingerprint density at radius 1 is 1.00 bits per heavy atom. The molecule has 0 atom stereocenters. The average molecular weight is 265 g/mol. The van der Waals surface area contributed by atoms with E-state index in [1.165, 1.54) is 12.8 Å². The van der Waals surface area contributed by atoms with Crippen LogP contribution in [0.5, 0.6) is 0 Å². The molecular weight excluding hydrogens is 250 g/mol. The highest BCUT2D eigenvalue weighted by Gasteiger charge is 2.17. The fraction of sp³-hybridized carbons (Fsp3) is 0.250. The van der Waals surface area contributed by atoms with Crippen molar-refractivity contribution in [2.75, 3.05) is 0 Å². The minimum atomic E-state index is 0.880. The van der Waals surface area contributed by atoms with E-state index in [1.54, 1.807) is 6.26 Å². The molecule has 4 nitrogen and oxygen atoms in total.